The Kier molecular flexibility index (Phi) is 3.75. The fraction of sp³-hybridized carbons (Fsp3) is 0.500. The molecule has 1 aliphatic heterocycles. The van der Waals surface area contributed by atoms with Crippen molar-refractivity contribution in [3.8, 4) is 0 Å². The summed E-state index contributed by atoms with van der Waals surface area (Å²) in [6.45, 7) is 5.36. The highest BCUT2D eigenvalue weighted by Crippen LogP contribution is 2.19. The van der Waals surface area contributed by atoms with E-state index in [-0.39, 0.29) is 23.6 Å². The molecule has 5 heteroatoms. The molecule has 1 aliphatic rings. The summed E-state index contributed by atoms with van der Waals surface area (Å²) < 4.78 is 13.8. The molecule has 1 saturated heterocycles. The molecule has 0 spiro atoms. The molecule has 2 N–H and O–H groups in total. The predicted octanol–water partition coefficient (Wildman–Crippen LogP) is 1.57. The van der Waals surface area contributed by atoms with Crippen molar-refractivity contribution in [2.75, 3.05) is 25.9 Å². The number of anilines is 1. The number of piperazine rings is 1. The van der Waals surface area contributed by atoms with E-state index in [0.29, 0.717) is 18.8 Å². The number of benzene rings is 1. The Labute approximate surface area is 113 Å². The first-order chi connectivity index (χ1) is 8.90. The SMILES string of the molecule is CC1CN(C(=O)c2ccc(N)cc2F)CC(C)N1C. The first kappa shape index (κ1) is 13.8. The van der Waals surface area contributed by atoms with E-state index < -0.39 is 5.82 Å². The van der Waals surface area contributed by atoms with Gasteiger partial charge >= 0.3 is 0 Å². The van der Waals surface area contributed by atoms with Gasteiger partial charge in [0.1, 0.15) is 5.82 Å². The molecule has 1 fully saturated rings. The number of hydrogen-bond donors (Lipinski definition) is 1. The quantitative estimate of drug-likeness (QED) is 0.784. The van der Waals surface area contributed by atoms with Crippen molar-refractivity contribution in [3.05, 3.63) is 29.6 Å². The lowest BCUT2D eigenvalue weighted by molar-refractivity contribution is 0.0410. The summed E-state index contributed by atoms with van der Waals surface area (Å²) in [4.78, 5) is 16.3. The molecule has 2 unspecified atom stereocenters. The van der Waals surface area contributed by atoms with E-state index in [2.05, 4.69) is 18.7 Å². The van der Waals surface area contributed by atoms with Crippen LogP contribution in [-0.2, 0) is 0 Å². The van der Waals surface area contributed by atoms with Gasteiger partial charge < -0.3 is 10.6 Å². The second-order valence-electron chi connectivity index (χ2n) is 5.31. The number of hydrogen-bond acceptors (Lipinski definition) is 3. The number of nitrogens with two attached hydrogens (primary N) is 1. The third kappa shape index (κ3) is 2.71. The summed E-state index contributed by atoms with van der Waals surface area (Å²) in [5.41, 5.74) is 5.92. The van der Waals surface area contributed by atoms with Crippen LogP contribution in [0.3, 0.4) is 0 Å². The number of rotatable bonds is 1. The molecule has 1 heterocycles. The van der Waals surface area contributed by atoms with Gasteiger partial charge in [-0.3, -0.25) is 9.69 Å². The topological polar surface area (TPSA) is 49.6 Å². The molecule has 0 aliphatic carbocycles. The van der Waals surface area contributed by atoms with E-state index in [1.165, 1.54) is 12.1 Å². The molecule has 1 aromatic carbocycles. The van der Waals surface area contributed by atoms with E-state index in [1.807, 2.05) is 7.05 Å². The number of carbonyl (C=O) groups excluding carboxylic acids is 1. The summed E-state index contributed by atoms with van der Waals surface area (Å²) in [5.74, 6) is -0.812. The van der Waals surface area contributed by atoms with Gasteiger partial charge in [-0.05, 0) is 39.1 Å². The molecule has 2 atom stereocenters. The number of halogens is 1. The minimum atomic E-state index is -0.552. The van der Waals surface area contributed by atoms with Crippen molar-refractivity contribution in [3.63, 3.8) is 0 Å². The molecule has 0 aromatic heterocycles. The van der Waals surface area contributed by atoms with Crippen LogP contribution in [0.2, 0.25) is 0 Å². The van der Waals surface area contributed by atoms with Gasteiger partial charge in [0, 0.05) is 30.9 Å². The fourth-order valence-electron chi connectivity index (χ4n) is 2.45. The van der Waals surface area contributed by atoms with E-state index >= 15 is 0 Å². The largest absolute Gasteiger partial charge is 0.399 e. The van der Waals surface area contributed by atoms with E-state index in [9.17, 15) is 9.18 Å². The van der Waals surface area contributed by atoms with E-state index in [0.717, 1.165) is 0 Å². The molecule has 1 amide bonds. The van der Waals surface area contributed by atoms with Crippen LogP contribution >= 0.6 is 0 Å². The third-order valence-corrected chi connectivity index (χ3v) is 3.87. The summed E-state index contributed by atoms with van der Waals surface area (Å²) in [6, 6.07) is 4.74. The maximum Gasteiger partial charge on any atom is 0.256 e. The zero-order valence-corrected chi connectivity index (χ0v) is 11.6. The normalized spacial score (nSPS) is 24.5. The second kappa shape index (κ2) is 5.17. The van der Waals surface area contributed by atoms with Crippen LogP contribution in [0.1, 0.15) is 24.2 Å². The van der Waals surface area contributed by atoms with E-state index in [4.69, 9.17) is 5.73 Å². The average molecular weight is 265 g/mol. The summed E-state index contributed by atoms with van der Waals surface area (Å²) in [6.07, 6.45) is 0. The highest BCUT2D eigenvalue weighted by atomic mass is 19.1. The minimum Gasteiger partial charge on any atom is -0.399 e. The first-order valence-electron chi connectivity index (χ1n) is 6.46. The smallest absolute Gasteiger partial charge is 0.256 e. The Bertz CT molecular complexity index is 480. The van der Waals surface area contributed by atoms with Crippen LogP contribution in [0.5, 0.6) is 0 Å². The van der Waals surface area contributed by atoms with Crippen LogP contribution in [0.15, 0.2) is 18.2 Å². The zero-order chi connectivity index (χ0) is 14.2. The molecule has 0 radical (unpaired) electrons. The fourth-order valence-corrected chi connectivity index (χ4v) is 2.45. The second-order valence-corrected chi connectivity index (χ2v) is 5.31. The van der Waals surface area contributed by atoms with Crippen LogP contribution in [0, 0.1) is 5.82 Å². The molecule has 0 saturated carbocycles. The molecule has 4 nitrogen and oxygen atoms in total. The number of likely N-dealkylation sites (N-methyl/N-ethyl adjacent to an activating group) is 1. The third-order valence-electron chi connectivity index (χ3n) is 3.87. The Morgan fingerprint density at radius 3 is 2.42 bits per heavy atom. The van der Waals surface area contributed by atoms with Gasteiger partial charge in [-0.25, -0.2) is 4.39 Å². The van der Waals surface area contributed by atoms with Gasteiger partial charge in [-0.2, -0.15) is 0 Å². The Balaban J connectivity index is 2.20. The molecule has 104 valence electrons. The van der Waals surface area contributed by atoms with Crippen molar-refractivity contribution < 1.29 is 9.18 Å². The monoisotopic (exact) mass is 265 g/mol. The summed E-state index contributed by atoms with van der Waals surface area (Å²) in [5, 5.41) is 0. The van der Waals surface area contributed by atoms with Crippen LogP contribution in [0.25, 0.3) is 0 Å². The lowest BCUT2D eigenvalue weighted by atomic mass is 10.1. The number of amides is 1. The Morgan fingerprint density at radius 1 is 1.32 bits per heavy atom. The number of nitrogens with zero attached hydrogens (tertiary/aromatic N) is 2. The maximum absolute atomic E-state index is 13.8. The van der Waals surface area contributed by atoms with Crippen molar-refractivity contribution in [2.45, 2.75) is 25.9 Å². The van der Waals surface area contributed by atoms with Crippen molar-refractivity contribution in [2.24, 2.45) is 0 Å². The predicted molar refractivity (Wildman–Crippen MR) is 73.4 cm³/mol. The van der Waals surface area contributed by atoms with Gasteiger partial charge in [-0.15, -0.1) is 0 Å². The van der Waals surface area contributed by atoms with Gasteiger partial charge in [0.15, 0.2) is 0 Å². The van der Waals surface area contributed by atoms with Gasteiger partial charge in [0.05, 0.1) is 5.56 Å². The van der Waals surface area contributed by atoms with Crippen LogP contribution in [0.4, 0.5) is 10.1 Å². The summed E-state index contributed by atoms with van der Waals surface area (Å²) >= 11 is 0. The van der Waals surface area contributed by atoms with Gasteiger partial charge in [0.25, 0.3) is 5.91 Å². The molecule has 0 bridgehead atoms. The molecule has 2 rings (SSSR count). The molecular weight excluding hydrogens is 245 g/mol. The minimum absolute atomic E-state index is 0.0955. The van der Waals surface area contributed by atoms with Gasteiger partial charge in [0.2, 0.25) is 0 Å². The lowest BCUT2D eigenvalue weighted by Crippen LogP contribution is -2.56. The zero-order valence-electron chi connectivity index (χ0n) is 11.6. The van der Waals surface area contributed by atoms with Crippen molar-refractivity contribution >= 4 is 11.6 Å². The standard InChI is InChI=1S/C14H20FN3O/c1-9-7-18(8-10(2)17(9)3)14(19)12-5-4-11(16)6-13(12)15/h4-6,9-10H,7-8,16H2,1-3H3. The average Bonchev–Trinajstić information content (AvgIpc) is 2.34. The van der Waals surface area contributed by atoms with Crippen molar-refractivity contribution in [1.29, 1.82) is 0 Å². The molecule has 19 heavy (non-hydrogen) atoms. The highest BCUT2D eigenvalue weighted by Gasteiger charge is 2.30. The number of nitrogen functional groups attached to an aromatic ring is 1. The highest BCUT2D eigenvalue weighted by molar-refractivity contribution is 5.95. The summed E-state index contributed by atoms with van der Waals surface area (Å²) in [7, 11) is 2.04. The Morgan fingerprint density at radius 2 is 1.89 bits per heavy atom. The van der Waals surface area contributed by atoms with Gasteiger partial charge in [-0.1, -0.05) is 0 Å². The number of carbonyl (C=O) groups is 1. The van der Waals surface area contributed by atoms with E-state index in [1.54, 1.807) is 11.0 Å². The first-order valence-corrected chi connectivity index (χ1v) is 6.46. The Hall–Kier alpha value is -1.62. The lowest BCUT2D eigenvalue weighted by Gasteiger charge is -2.42. The van der Waals surface area contributed by atoms with Crippen LogP contribution < -0.4 is 5.73 Å². The van der Waals surface area contributed by atoms with Crippen LogP contribution in [-0.4, -0.2) is 47.9 Å². The van der Waals surface area contributed by atoms with Crippen molar-refractivity contribution in [1.82, 2.24) is 9.80 Å². The molecular formula is C14H20FN3O. The maximum atomic E-state index is 13.8. The molecule has 1 aromatic rings.